The van der Waals surface area contributed by atoms with Gasteiger partial charge in [-0.3, -0.25) is 4.90 Å². The van der Waals surface area contributed by atoms with Crippen molar-refractivity contribution in [1.29, 1.82) is 0 Å². The summed E-state index contributed by atoms with van der Waals surface area (Å²) < 4.78 is 13.3. The Morgan fingerprint density at radius 3 is 2.47 bits per heavy atom. The van der Waals surface area contributed by atoms with E-state index in [2.05, 4.69) is 0 Å². The summed E-state index contributed by atoms with van der Waals surface area (Å²) in [6, 6.07) is -1.84. The van der Waals surface area contributed by atoms with Crippen LogP contribution in [0.2, 0.25) is 0 Å². The molecule has 1 N–H and O–H groups in total. The molecule has 1 aliphatic rings. The van der Waals surface area contributed by atoms with Gasteiger partial charge in [-0.25, -0.2) is 9.59 Å². The highest BCUT2D eigenvalue weighted by atomic mass is 16.6. The Kier molecular flexibility index (Phi) is 3.26. The van der Waals surface area contributed by atoms with E-state index in [1.807, 2.05) is 13.8 Å². The van der Waals surface area contributed by atoms with Crippen molar-refractivity contribution in [2.45, 2.75) is 53.3 Å². The van der Waals surface area contributed by atoms with Crippen molar-refractivity contribution in [1.82, 2.24) is 4.90 Å². The lowest BCUT2D eigenvalue weighted by Crippen LogP contribution is -2.47. The van der Waals surface area contributed by atoms with Crippen LogP contribution in [0, 0.1) is 11.3 Å². The number of esters is 1. The molecule has 0 saturated carbocycles. The SMILES string of the molecule is [2H][C@]1(CC(C)C)C(=O)O[C@H](C(C)(C)C)N1C(=O)O. The van der Waals surface area contributed by atoms with Crippen molar-refractivity contribution >= 4 is 12.1 Å². The number of amides is 1. The normalized spacial score (nSPS) is 30.5. The minimum absolute atomic E-state index is 0.0237. The highest BCUT2D eigenvalue weighted by Gasteiger charge is 2.49. The van der Waals surface area contributed by atoms with Gasteiger partial charge in [0.1, 0.15) is 6.02 Å². The fraction of sp³-hybridized carbons (Fsp3) is 0.833. The van der Waals surface area contributed by atoms with Gasteiger partial charge in [-0.2, -0.15) is 0 Å². The summed E-state index contributed by atoms with van der Waals surface area (Å²) in [4.78, 5) is 24.1. The van der Waals surface area contributed by atoms with Gasteiger partial charge in [0.2, 0.25) is 0 Å². The fourth-order valence-corrected chi connectivity index (χ4v) is 1.81. The smallest absolute Gasteiger partial charge is 0.410 e. The molecular weight excluding hydrogens is 222 g/mol. The van der Waals surface area contributed by atoms with Crippen molar-refractivity contribution in [2.24, 2.45) is 11.3 Å². The zero-order chi connectivity index (χ0) is 14.3. The molecule has 0 aromatic carbocycles. The number of nitrogens with zero attached hydrogens (tertiary/aromatic N) is 1. The van der Waals surface area contributed by atoms with Gasteiger partial charge in [-0.05, 0) is 12.3 Å². The van der Waals surface area contributed by atoms with Gasteiger partial charge in [0.25, 0.3) is 0 Å². The maximum atomic E-state index is 11.9. The molecule has 5 heteroatoms. The Hall–Kier alpha value is -1.26. The fourth-order valence-electron chi connectivity index (χ4n) is 1.81. The number of hydrogen-bond acceptors (Lipinski definition) is 3. The van der Waals surface area contributed by atoms with Crippen LogP contribution >= 0.6 is 0 Å². The number of carbonyl (C=O) groups excluding carboxylic acids is 1. The topological polar surface area (TPSA) is 66.8 Å². The predicted octanol–water partition coefficient (Wildman–Crippen LogP) is 2.31. The lowest BCUT2D eigenvalue weighted by Gasteiger charge is -2.32. The zero-order valence-corrected chi connectivity index (χ0v) is 11.0. The largest absolute Gasteiger partial charge is 0.465 e. The Balaban J connectivity index is 3.18. The predicted molar refractivity (Wildman–Crippen MR) is 62.4 cm³/mol. The molecule has 0 spiro atoms. The van der Waals surface area contributed by atoms with Crippen LogP contribution in [0.3, 0.4) is 0 Å². The van der Waals surface area contributed by atoms with Gasteiger partial charge in [0, 0.05) is 5.41 Å². The first-order valence-electron chi connectivity index (χ1n) is 6.23. The first-order chi connectivity index (χ1) is 8.00. The summed E-state index contributed by atoms with van der Waals surface area (Å²) in [7, 11) is 0. The lowest BCUT2D eigenvalue weighted by atomic mass is 9.93. The van der Waals surface area contributed by atoms with Gasteiger partial charge in [0.15, 0.2) is 6.23 Å². The van der Waals surface area contributed by atoms with E-state index < -0.39 is 29.7 Å². The van der Waals surface area contributed by atoms with Crippen LogP contribution < -0.4 is 0 Å². The monoisotopic (exact) mass is 244 g/mol. The summed E-state index contributed by atoms with van der Waals surface area (Å²) in [5.74, 6) is -0.755. The summed E-state index contributed by atoms with van der Waals surface area (Å²) in [6.07, 6.45) is -2.08. The van der Waals surface area contributed by atoms with Gasteiger partial charge in [0.05, 0.1) is 1.37 Å². The third-order valence-corrected chi connectivity index (χ3v) is 2.53. The van der Waals surface area contributed by atoms with Gasteiger partial charge in [-0.1, -0.05) is 34.6 Å². The van der Waals surface area contributed by atoms with Crippen LogP contribution in [-0.4, -0.2) is 34.3 Å². The van der Waals surface area contributed by atoms with E-state index in [1.165, 1.54) is 0 Å². The molecule has 17 heavy (non-hydrogen) atoms. The summed E-state index contributed by atoms with van der Waals surface area (Å²) in [5.41, 5.74) is -0.562. The van der Waals surface area contributed by atoms with E-state index in [9.17, 15) is 14.7 Å². The number of carbonyl (C=O) groups is 2. The van der Waals surface area contributed by atoms with E-state index >= 15 is 0 Å². The Morgan fingerprint density at radius 2 is 2.12 bits per heavy atom. The molecule has 1 heterocycles. The van der Waals surface area contributed by atoms with Crippen LogP contribution in [0.4, 0.5) is 4.79 Å². The molecule has 1 amide bonds. The molecule has 98 valence electrons. The molecular formula is C12H21NO4. The summed E-state index contributed by atoms with van der Waals surface area (Å²) in [5, 5.41) is 9.29. The van der Waals surface area contributed by atoms with E-state index in [0.717, 1.165) is 4.90 Å². The Labute approximate surface area is 103 Å². The second-order valence-electron chi connectivity index (χ2n) is 5.82. The second-order valence-corrected chi connectivity index (χ2v) is 5.82. The first-order valence-corrected chi connectivity index (χ1v) is 5.73. The van der Waals surface area contributed by atoms with Crippen molar-refractivity contribution in [3.63, 3.8) is 0 Å². The average molecular weight is 244 g/mol. The maximum Gasteiger partial charge on any atom is 0.410 e. The maximum absolute atomic E-state index is 11.9. The molecule has 0 bridgehead atoms. The molecule has 5 nitrogen and oxygen atoms in total. The standard InChI is InChI=1S/C12H21NO4/c1-7(2)6-8-9(14)17-10(12(3,4)5)13(8)11(15)16/h7-8,10H,6H2,1-5H3,(H,15,16)/t8-,10+/m0/s1/i8D. The van der Waals surface area contributed by atoms with E-state index in [-0.39, 0.29) is 12.3 Å². The average Bonchev–Trinajstić information content (AvgIpc) is 2.37. The summed E-state index contributed by atoms with van der Waals surface area (Å²) >= 11 is 0. The quantitative estimate of drug-likeness (QED) is 0.757. The highest BCUT2D eigenvalue weighted by Crippen LogP contribution is 2.34. The molecule has 2 atom stereocenters. The minimum atomic E-state index is -1.84. The molecule has 0 unspecified atom stereocenters. The van der Waals surface area contributed by atoms with Crippen LogP contribution in [0.1, 0.15) is 42.4 Å². The van der Waals surface area contributed by atoms with Crippen molar-refractivity contribution in [2.75, 3.05) is 0 Å². The highest BCUT2D eigenvalue weighted by molar-refractivity contribution is 5.84. The number of hydrogen-bond donors (Lipinski definition) is 1. The van der Waals surface area contributed by atoms with Crippen LogP contribution in [0.25, 0.3) is 0 Å². The lowest BCUT2D eigenvalue weighted by molar-refractivity contribution is -0.147. The first kappa shape index (κ1) is 12.2. The minimum Gasteiger partial charge on any atom is -0.465 e. The number of carboxylic acid groups (broad SMARTS) is 1. The van der Waals surface area contributed by atoms with Crippen LogP contribution in [-0.2, 0) is 9.53 Å². The van der Waals surface area contributed by atoms with E-state index in [1.54, 1.807) is 20.8 Å². The zero-order valence-electron chi connectivity index (χ0n) is 12.0. The van der Waals surface area contributed by atoms with E-state index in [4.69, 9.17) is 6.11 Å². The van der Waals surface area contributed by atoms with Gasteiger partial charge >= 0.3 is 12.1 Å². The van der Waals surface area contributed by atoms with Crippen molar-refractivity contribution < 1.29 is 20.8 Å². The number of cyclic esters (lactones) is 1. The molecule has 1 rings (SSSR count). The molecule has 1 fully saturated rings. The van der Waals surface area contributed by atoms with Gasteiger partial charge in [-0.15, -0.1) is 0 Å². The van der Waals surface area contributed by atoms with Crippen molar-refractivity contribution in [3.05, 3.63) is 0 Å². The third-order valence-electron chi connectivity index (χ3n) is 2.53. The van der Waals surface area contributed by atoms with E-state index in [0.29, 0.717) is 0 Å². The number of rotatable bonds is 2. The molecule has 1 aliphatic heterocycles. The number of ether oxygens (including phenoxy) is 1. The Morgan fingerprint density at radius 1 is 1.59 bits per heavy atom. The summed E-state index contributed by atoms with van der Waals surface area (Å²) in [6.45, 7) is 9.02. The van der Waals surface area contributed by atoms with Crippen LogP contribution in [0.5, 0.6) is 0 Å². The van der Waals surface area contributed by atoms with Crippen molar-refractivity contribution in [3.8, 4) is 0 Å². The molecule has 0 aromatic rings. The second kappa shape index (κ2) is 4.55. The van der Waals surface area contributed by atoms with Gasteiger partial charge < -0.3 is 9.84 Å². The van der Waals surface area contributed by atoms with Crippen LogP contribution in [0.15, 0.2) is 0 Å². The third kappa shape index (κ3) is 2.90. The molecule has 0 radical (unpaired) electrons. The molecule has 0 aliphatic carbocycles. The molecule has 0 aromatic heterocycles. The molecule has 1 saturated heterocycles. The Bertz CT molecular complexity index is 364.